The third kappa shape index (κ3) is 11.3. The number of halogens is 3. The summed E-state index contributed by atoms with van der Waals surface area (Å²) in [7, 11) is 1.43. The summed E-state index contributed by atoms with van der Waals surface area (Å²) in [6.45, 7) is 0.665. The summed E-state index contributed by atoms with van der Waals surface area (Å²) in [4.78, 5) is 25.4. The average molecular weight is 544 g/mol. The number of carbonyl (C=O) groups excluding carboxylic acids is 1. The van der Waals surface area contributed by atoms with E-state index in [1.165, 1.54) is 12.0 Å². The Bertz CT molecular complexity index is 1000. The molecule has 0 fully saturated rings. The van der Waals surface area contributed by atoms with Crippen LogP contribution in [-0.4, -0.2) is 81.0 Å². The van der Waals surface area contributed by atoms with E-state index >= 15 is 0 Å². The van der Waals surface area contributed by atoms with Crippen molar-refractivity contribution in [3.05, 3.63) is 54.1 Å². The van der Waals surface area contributed by atoms with Crippen LogP contribution < -0.4 is 14.2 Å². The Balaban J connectivity index is 1.95. The van der Waals surface area contributed by atoms with Crippen molar-refractivity contribution < 1.29 is 51.6 Å². The number of hydrogen-bond acceptors (Lipinski definition) is 7. The smallest absolute Gasteiger partial charge is 0.415 e. The Morgan fingerprint density at radius 3 is 2.29 bits per heavy atom. The molecule has 0 heterocycles. The molecule has 38 heavy (non-hydrogen) atoms. The van der Waals surface area contributed by atoms with Gasteiger partial charge in [-0.25, -0.2) is 9.59 Å². The van der Waals surface area contributed by atoms with Crippen LogP contribution in [-0.2, 0) is 20.7 Å². The number of amides is 1. The van der Waals surface area contributed by atoms with Gasteiger partial charge in [0.1, 0.15) is 19.0 Å². The first-order valence-electron chi connectivity index (χ1n) is 11.9. The lowest BCUT2D eigenvalue weighted by atomic mass is 10.1. The minimum absolute atomic E-state index is 0.0699. The maximum Gasteiger partial charge on any atom is 0.415 e. The summed E-state index contributed by atoms with van der Waals surface area (Å²) < 4.78 is 63.1. The monoisotopic (exact) mass is 543 g/mol. The molecule has 1 atom stereocenters. The maximum atomic E-state index is 12.8. The van der Waals surface area contributed by atoms with Gasteiger partial charge in [-0.3, -0.25) is 0 Å². The molecule has 0 saturated heterocycles. The topological polar surface area (TPSA) is 104 Å². The van der Waals surface area contributed by atoms with Crippen LogP contribution in [0.5, 0.6) is 17.2 Å². The quantitative estimate of drug-likeness (QED) is 0.307. The van der Waals surface area contributed by atoms with Crippen LogP contribution in [0.1, 0.15) is 18.9 Å². The number of carbonyl (C=O) groups is 2. The van der Waals surface area contributed by atoms with Crippen molar-refractivity contribution in [3.8, 4) is 17.2 Å². The number of aliphatic carboxylic acids is 1. The molecule has 210 valence electrons. The largest absolute Gasteiger partial charge is 0.493 e. The summed E-state index contributed by atoms with van der Waals surface area (Å²) in [5.41, 5.74) is 0.749. The number of methoxy groups -OCH3 is 1. The molecule has 0 aromatic heterocycles. The molecule has 0 radical (unpaired) electrons. The number of hydrogen-bond donors (Lipinski definition) is 1. The normalized spacial score (nSPS) is 12.0. The highest BCUT2D eigenvalue weighted by atomic mass is 19.4. The fourth-order valence-electron chi connectivity index (χ4n) is 3.33. The average Bonchev–Trinajstić information content (AvgIpc) is 2.87. The van der Waals surface area contributed by atoms with Crippen molar-refractivity contribution in [2.75, 3.05) is 46.6 Å². The molecule has 1 N–H and O–H groups in total. The number of alkyl halides is 3. The minimum Gasteiger partial charge on any atom is -0.493 e. The Kier molecular flexibility index (Phi) is 12.7. The SMILES string of the molecule is CCOC(Cc1ccc(OCCN(CCCOCC(F)(F)F)C(=O)Oc2ccccc2OC)cc1)C(=O)O. The van der Waals surface area contributed by atoms with Crippen LogP contribution in [0.2, 0.25) is 0 Å². The zero-order valence-electron chi connectivity index (χ0n) is 21.2. The van der Waals surface area contributed by atoms with E-state index < -0.39 is 30.9 Å². The van der Waals surface area contributed by atoms with Crippen LogP contribution in [0.15, 0.2) is 48.5 Å². The summed E-state index contributed by atoms with van der Waals surface area (Å²) >= 11 is 0. The van der Waals surface area contributed by atoms with Gasteiger partial charge < -0.3 is 33.7 Å². The summed E-state index contributed by atoms with van der Waals surface area (Å²) in [5.74, 6) is -0.0126. The van der Waals surface area contributed by atoms with Crippen molar-refractivity contribution >= 4 is 12.1 Å². The predicted molar refractivity (Wildman–Crippen MR) is 131 cm³/mol. The highest BCUT2D eigenvalue weighted by Gasteiger charge is 2.27. The Hall–Kier alpha value is -3.51. The van der Waals surface area contributed by atoms with E-state index in [2.05, 4.69) is 4.74 Å². The zero-order chi connectivity index (χ0) is 28.0. The zero-order valence-corrected chi connectivity index (χ0v) is 21.2. The molecule has 2 aromatic carbocycles. The first-order valence-corrected chi connectivity index (χ1v) is 11.9. The van der Waals surface area contributed by atoms with E-state index in [0.717, 1.165) is 5.56 Å². The van der Waals surface area contributed by atoms with E-state index in [9.17, 15) is 27.9 Å². The van der Waals surface area contributed by atoms with Crippen LogP contribution >= 0.6 is 0 Å². The third-order valence-electron chi connectivity index (χ3n) is 5.12. The van der Waals surface area contributed by atoms with E-state index in [1.54, 1.807) is 55.5 Å². The van der Waals surface area contributed by atoms with Crippen LogP contribution in [0.25, 0.3) is 0 Å². The number of nitrogens with zero attached hydrogens (tertiary/aromatic N) is 1. The van der Waals surface area contributed by atoms with Crippen molar-refractivity contribution in [3.63, 3.8) is 0 Å². The maximum absolute atomic E-state index is 12.8. The Labute approximate surface area is 219 Å². The highest BCUT2D eigenvalue weighted by Crippen LogP contribution is 2.26. The molecule has 0 aliphatic heterocycles. The number of benzene rings is 2. The fourth-order valence-corrected chi connectivity index (χ4v) is 3.33. The molecular formula is C26H32F3NO8. The van der Waals surface area contributed by atoms with E-state index in [4.69, 9.17) is 18.9 Å². The molecule has 1 unspecified atom stereocenters. The fraction of sp³-hybridized carbons (Fsp3) is 0.462. The molecule has 0 aliphatic rings. The second-order valence-electron chi connectivity index (χ2n) is 8.01. The van der Waals surface area contributed by atoms with Gasteiger partial charge in [0.05, 0.1) is 13.7 Å². The van der Waals surface area contributed by atoms with E-state index in [0.29, 0.717) is 11.5 Å². The number of ether oxygens (including phenoxy) is 5. The molecule has 9 nitrogen and oxygen atoms in total. The van der Waals surface area contributed by atoms with Crippen LogP contribution in [0.3, 0.4) is 0 Å². The first-order chi connectivity index (χ1) is 18.1. The van der Waals surface area contributed by atoms with Gasteiger partial charge in [0.25, 0.3) is 0 Å². The molecular weight excluding hydrogens is 511 g/mol. The van der Waals surface area contributed by atoms with Gasteiger partial charge in [-0.1, -0.05) is 24.3 Å². The summed E-state index contributed by atoms with van der Waals surface area (Å²) in [6, 6.07) is 13.3. The van der Waals surface area contributed by atoms with Crippen molar-refractivity contribution in [1.82, 2.24) is 4.90 Å². The Morgan fingerprint density at radius 1 is 1.00 bits per heavy atom. The lowest BCUT2D eigenvalue weighted by Gasteiger charge is -2.23. The standard InChI is InChI=1S/C26H32F3NO8/c1-3-36-23(24(31)32)17-19-9-11-20(12-10-19)37-16-14-30(13-6-15-35-18-26(27,28)29)25(33)38-22-8-5-4-7-21(22)34-2/h4-5,7-12,23H,3,6,13-18H2,1-2H3,(H,31,32). The summed E-state index contributed by atoms with van der Waals surface area (Å²) in [6.07, 6.45) is -5.75. The second kappa shape index (κ2) is 15.7. The molecule has 2 rings (SSSR count). The minimum atomic E-state index is -4.43. The van der Waals surface area contributed by atoms with E-state index in [1.807, 2.05) is 0 Å². The molecule has 0 bridgehead atoms. The molecule has 12 heteroatoms. The Morgan fingerprint density at radius 2 is 1.68 bits per heavy atom. The van der Waals surface area contributed by atoms with Crippen molar-refractivity contribution in [2.45, 2.75) is 32.0 Å². The number of para-hydroxylation sites is 2. The highest BCUT2D eigenvalue weighted by molar-refractivity contribution is 5.73. The van der Waals surface area contributed by atoms with Crippen LogP contribution in [0.4, 0.5) is 18.0 Å². The molecule has 0 aliphatic carbocycles. The van der Waals surface area contributed by atoms with Gasteiger partial charge in [0, 0.05) is 26.2 Å². The van der Waals surface area contributed by atoms with Crippen molar-refractivity contribution in [1.29, 1.82) is 0 Å². The van der Waals surface area contributed by atoms with Gasteiger partial charge >= 0.3 is 18.2 Å². The molecule has 1 amide bonds. The van der Waals surface area contributed by atoms with Crippen molar-refractivity contribution in [2.24, 2.45) is 0 Å². The van der Waals surface area contributed by atoms with Gasteiger partial charge in [0.15, 0.2) is 17.6 Å². The number of rotatable bonds is 16. The third-order valence-corrected chi connectivity index (χ3v) is 5.12. The molecule has 0 saturated carbocycles. The van der Waals surface area contributed by atoms with Gasteiger partial charge in [-0.15, -0.1) is 0 Å². The first kappa shape index (κ1) is 30.7. The summed E-state index contributed by atoms with van der Waals surface area (Å²) in [5, 5.41) is 9.23. The second-order valence-corrected chi connectivity index (χ2v) is 8.01. The van der Waals surface area contributed by atoms with Gasteiger partial charge in [0.2, 0.25) is 0 Å². The molecule has 2 aromatic rings. The van der Waals surface area contributed by atoms with Gasteiger partial charge in [-0.2, -0.15) is 13.2 Å². The van der Waals surface area contributed by atoms with E-state index in [-0.39, 0.29) is 51.5 Å². The van der Waals surface area contributed by atoms with Crippen LogP contribution in [0, 0.1) is 0 Å². The van der Waals surface area contributed by atoms with Gasteiger partial charge in [-0.05, 0) is 43.2 Å². The number of carboxylic acid groups (broad SMARTS) is 1. The lowest BCUT2D eigenvalue weighted by molar-refractivity contribution is -0.174. The predicted octanol–water partition coefficient (Wildman–Crippen LogP) is 4.58. The molecule has 0 spiro atoms. The number of carboxylic acids is 1. The lowest BCUT2D eigenvalue weighted by Crippen LogP contribution is -2.38.